The van der Waals surface area contributed by atoms with Gasteiger partial charge in [0, 0.05) is 17.8 Å². The number of hydrogen-bond donors (Lipinski definition) is 1. The average molecular weight is 204 g/mol. The van der Waals surface area contributed by atoms with Crippen LogP contribution in [0, 0.1) is 0 Å². The molecule has 0 saturated heterocycles. The average Bonchev–Trinajstić information content (AvgIpc) is 2.66. The van der Waals surface area contributed by atoms with Crippen molar-refractivity contribution in [3.8, 4) is 0 Å². The number of H-pyrrole nitrogens is 1. The van der Waals surface area contributed by atoms with Gasteiger partial charge in [0.25, 0.3) is 0 Å². The molecule has 0 amide bonds. The summed E-state index contributed by atoms with van der Waals surface area (Å²) in [7, 11) is 0. The maximum absolute atomic E-state index is 4.35. The van der Waals surface area contributed by atoms with Gasteiger partial charge >= 0.3 is 0 Å². The van der Waals surface area contributed by atoms with Crippen LogP contribution >= 0.6 is 0 Å². The van der Waals surface area contributed by atoms with E-state index in [-0.39, 0.29) is 5.41 Å². The molecule has 0 bridgehead atoms. The molecule has 2 heterocycles. The summed E-state index contributed by atoms with van der Waals surface area (Å²) in [6.45, 7) is 10.6. The zero-order valence-electron chi connectivity index (χ0n) is 10.3. The van der Waals surface area contributed by atoms with E-state index in [1.165, 1.54) is 10.9 Å². The third-order valence-corrected chi connectivity index (χ3v) is 2.27. The minimum Gasteiger partial charge on any atom is -0.346 e. The molecule has 0 aliphatic rings. The van der Waals surface area contributed by atoms with Crippen molar-refractivity contribution in [2.75, 3.05) is 0 Å². The molecular formula is C13H20N2. The standard InChI is InChI=1S/C11H14N2.C2H6/c1-11(2,3)9-6-8-4-5-12-10(8)13-7-9;1-2/h4-7H,1-3H3,(H,12,13);1-2H3. The van der Waals surface area contributed by atoms with Crippen LogP contribution in [0.2, 0.25) is 0 Å². The van der Waals surface area contributed by atoms with E-state index in [1.807, 2.05) is 26.2 Å². The van der Waals surface area contributed by atoms with Crippen molar-refractivity contribution in [2.45, 2.75) is 40.0 Å². The molecule has 0 aliphatic carbocycles. The molecule has 1 N–H and O–H groups in total. The van der Waals surface area contributed by atoms with Crippen LogP contribution in [0.3, 0.4) is 0 Å². The molecule has 2 aromatic heterocycles. The summed E-state index contributed by atoms with van der Waals surface area (Å²) in [6, 6.07) is 4.25. The first-order valence-corrected chi connectivity index (χ1v) is 5.51. The number of pyridine rings is 1. The van der Waals surface area contributed by atoms with Crippen LogP contribution in [0.25, 0.3) is 11.0 Å². The minimum atomic E-state index is 0.179. The number of aromatic nitrogens is 2. The summed E-state index contributed by atoms with van der Waals surface area (Å²) >= 11 is 0. The topological polar surface area (TPSA) is 28.7 Å². The summed E-state index contributed by atoms with van der Waals surface area (Å²) in [5, 5.41) is 1.19. The molecule has 0 spiro atoms. The van der Waals surface area contributed by atoms with Crippen molar-refractivity contribution in [2.24, 2.45) is 0 Å². The zero-order valence-corrected chi connectivity index (χ0v) is 10.3. The third-order valence-electron chi connectivity index (χ3n) is 2.27. The number of nitrogens with zero attached hydrogens (tertiary/aromatic N) is 1. The highest BCUT2D eigenvalue weighted by Crippen LogP contribution is 2.23. The Morgan fingerprint density at radius 2 is 1.87 bits per heavy atom. The van der Waals surface area contributed by atoms with Gasteiger partial charge < -0.3 is 4.98 Å². The lowest BCUT2D eigenvalue weighted by molar-refractivity contribution is 0.588. The van der Waals surface area contributed by atoms with Gasteiger partial charge in [0.2, 0.25) is 0 Å². The van der Waals surface area contributed by atoms with E-state index >= 15 is 0 Å². The normalized spacial score (nSPS) is 11.0. The molecule has 0 saturated carbocycles. The van der Waals surface area contributed by atoms with Gasteiger partial charge in [-0.2, -0.15) is 0 Å². The first-order chi connectivity index (χ1) is 7.07. The minimum absolute atomic E-state index is 0.179. The van der Waals surface area contributed by atoms with Crippen molar-refractivity contribution < 1.29 is 0 Å². The SMILES string of the molecule is CC.CC(C)(C)c1cnc2[nH]ccc2c1. The van der Waals surface area contributed by atoms with Crippen LogP contribution in [0.1, 0.15) is 40.2 Å². The van der Waals surface area contributed by atoms with Gasteiger partial charge in [0.05, 0.1) is 0 Å². The fourth-order valence-electron chi connectivity index (χ4n) is 1.35. The second-order valence-corrected chi connectivity index (χ2v) is 4.39. The molecular weight excluding hydrogens is 184 g/mol. The van der Waals surface area contributed by atoms with Crippen molar-refractivity contribution in [3.05, 3.63) is 30.1 Å². The Kier molecular flexibility index (Phi) is 3.51. The van der Waals surface area contributed by atoms with Gasteiger partial charge in [0.15, 0.2) is 0 Å². The molecule has 2 nitrogen and oxygen atoms in total. The monoisotopic (exact) mass is 204 g/mol. The first-order valence-electron chi connectivity index (χ1n) is 5.51. The van der Waals surface area contributed by atoms with E-state index in [0.717, 1.165) is 5.65 Å². The molecule has 0 aliphatic heterocycles. The van der Waals surface area contributed by atoms with Crippen LogP contribution in [0.5, 0.6) is 0 Å². The zero-order chi connectivity index (χ0) is 11.5. The summed E-state index contributed by atoms with van der Waals surface area (Å²) in [6.07, 6.45) is 3.86. The smallest absolute Gasteiger partial charge is 0.137 e. The quantitative estimate of drug-likeness (QED) is 0.693. The van der Waals surface area contributed by atoms with Gasteiger partial charge in [-0.1, -0.05) is 34.6 Å². The lowest BCUT2D eigenvalue weighted by Crippen LogP contribution is -2.11. The number of fused-ring (bicyclic) bond motifs is 1. The summed E-state index contributed by atoms with van der Waals surface area (Å²) in [5.74, 6) is 0. The molecule has 82 valence electrons. The first kappa shape index (κ1) is 11.8. The Bertz CT molecular complexity index is 421. The number of hydrogen-bond acceptors (Lipinski definition) is 1. The number of rotatable bonds is 0. The Balaban J connectivity index is 0.000000531. The van der Waals surface area contributed by atoms with E-state index in [9.17, 15) is 0 Å². The Morgan fingerprint density at radius 3 is 2.47 bits per heavy atom. The van der Waals surface area contributed by atoms with Gasteiger partial charge in [-0.3, -0.25) is 0 Å². The lowest BCUT2D eigenvalue weighted by Gasteiger charge is -2.18. The molecule has 0 atom stereocenters. The number of aromatic amines is 1. The van der Waals surface area contributed by atoms with E-state index in [4.69, 9.17) is 0 Å². The van der Waals surface area contributed by atoms with Crippen molar-refractivity contribution in [1.29, 1.82) is 0 Å². The Morgan fingerprint density at radius 1 is 1.20 bits per heavy atom. The highest BCUT2D eigenvalue weighted by Gasteiger charge is 2.14. The van der Waals surface area contributed by atoms with Crippen molar-refractivity contribution in [3.63, 3.8) is 0 Å². The highest BCUT2D eigenvalue weighted by atomic mass is 14.8. The molecule has 0 aromatic carbocycles. The lowest BCUT2D eigenvalue weighted by atomic mass is 9.88. The fraction of sp³-hybridized carbons (Fsp3) is 0.462. The van der Waals surface area contributed by atoms with Crippen LogP contribution in [-0.2, 0) is 5.41 Å². The maximum atomic E-state index is 4.35. The molecule has 0 radical (unpaired) electrons. The maximum Gasteiger partial charge on any atom is 0.137 e. The summed E-state index contributed by atoms with van der Waals surface area (Å²) < 4.78 is 0. The molecule has 2 rings (SSSR count). The summed E-state index contributed by atoms with van der Waals surface area (Å²) in [5.41, 5.74) is 2.42. The highest BCUT2D eigenvalue weighted by molar-refractivity contribution is 5.75. The van der Waals surface area contributed by atoms with Crippen LogP contribution < -0.4 is 0 Å². The van der Waals surface area contributed by atoms with E-state index in [2.05, 4.69) is 42.9 Å². The van der Waals surface area contributed by atoms with Crippen LogP contribution in [0.15, 0.2) is 24.5 Å². The van der Waals surface area contributed by atoms with Gasteiger partial charge in [-0.25, -0.2) is 4.98 Å². The van der Waals surface area contributed by atoms with Crippen LogP contribution in [-0.4, -0.2) is 9.97 Å². The second kappa shape index (κ2) is 4.47. The predicted molar refractivity (Wildman–Crippen MR) is 66.1 cm³/mol. The molecule has 15 heavy (non-hydrogen) atoms. The third kappa shape index (κ3) is 2.58. The second-order valence-electron chi connectivity index (χ2n) is 4.39. The van der Waals surface area contributed by atoms with Gasteiger partial charge in [0.1, 0.15) is 5.65 Å². The summed E-state index contributed by atoms with van der Waals surface area (Å²) in [4.78, 5) is 7.44. The Labute approximate surface area is 91.7 Å². The molecule has 0 fully saturated rings. The predicted octanol–water partition coefficient (Wildman–Crippen LogP) is 3.89. The van der Waals surface area contributed by atoms with Gasteiger partial charge in [-0.15, -0.1) is 0 Å². The van der Waals surface area contributed by atoms with E-state index < -0.39 is 0 Å². The molecule has 2 aromatic rings. The fourth-order valence-corrected chi connectivity index (χ4v) is 1.35. The number of nitrogens with one attached hydrogen (secondary N) is 1. The van der Waals surface area contributed by atoms with E-state index in [0.29, 0.717) is 0 Å². The Hall–Kier alpha value is -1.31. The van der Waals surface area contributed by atoms with E-state index in [1.54, 1.807) is 0 Å². The van der Waals surface area contributed by atoms with Crippen molar-refractivity contribution in [1.82, 2.24) is 9.97 Å². The van der Waals surface area contributed by atoms with Crippen LogP contribution in [0.4, 0.5) is 0 Å². The molecule has 2 heteroatoms. The van der Waals surface area contributed by atoms with Crippen molar-refractivity contribution >= 4 is 11.0 Å². The molecule has 0 unspecified atom stereocenters. The largest absolute Gasteiger partial charge is 0.346 e. The van der Waals surface area contributed by atoms with Gasteiger partial charge in [-0.05, 0) is 23.1 Å².